The Bertz CT molecular complexity index is 287. The largest absolute Gasteiger partial charge is 0.389 e. The van der Waals surface area contributed by atoms with E-state index in [0.29, 0.717) is 18.1 Å². The van der Waals surface area contributed by atoms with Crippen LogP contribution in [0.15, 0.2) is 0 Å². The average Bonchev–Trinajstić information content (AvgIpc) is 2.35. The minimum Gasteiger partial charge on any atom is -0.389 e. The molecule has 0 aromatic carbocycles. The average molecular weight is 283 g/mol. The molecule has 1 aliphatic heterocycles. The second-order valence-electron chi connectivity index (χ2n) is 7.88. The van der Waals surface area contributed by atoms with Gasteiger partial charge in [0, 0.05) is 6.54 Å². The molecule has 2 aliphatic rings. The van der Waals surface area contributed by atoms with Crippen LogP contribution in [-0.2, 0) is 4.74 Å². The molecule has 1 aliphatic carbocycles. The number of ether oxygens (including phenoxy) is 1. The lowest BCUT2D eigenvalue weighted by Crippen LogP contribution is -2.40. The van der Waals surface area contributed by atoms with Crippen LogP contribution in [-0.4, -0.2) is 48.5 Å². The molecule has 0 spiro atoms. The molecule has 1 saturated carbocycles. The standard InChI is InChI=1S/C17H33NO2/c1-14-9-16(11-17(2,3)10-14)20-13-15(19)12-18-7-5-4-6-8-18/h14-16,19H,4-13H2,1-3H3/t14-,15-,16-/m1/s1. The number of aliphatic hydroxyl groups excluding tert-OH is 1. The van der Waals surface area contributed by atoms with Gasteiger partial charge in [-0.05, 0) is 56.5 Å². The molecule has 118 valence electrons. The highest BCUT2D eigenvalue weighted by molar-refractivity contribution is 4.83. The van der Waals surface area contributed by atoms with E-state index < -0.39 is 0 Å². The first-order valence-corrected chi connectivity index (χ1v) is 8.47. The van der Waals surface area contributed by atoms with Crippen LogP contribution in [0.4, 0.5) is 0 Å². The summed E-state index contributed by atoms with van der Waals surface area (Å²) in [4.78, 5) is 2.38. The van der Waals surface area contributed by atoms with Gasteiger partial charge in [0.2, 0.25) is 0 Å². The zero-order valence-corrected chi connectivity index (χ0v) is 13.6. The first-order valence-electron chi connectivity index (χ1n) is 8.47. The molecular formula is C17H33NO2. The van der Waals surface area contributed by atoms with Crippen molar-refractivity contribution in [3.63, 3.8) is 0 Å². The Morgan fingerprint density at radius 3 is 2.55 bits per heavy atom. The van der Waals surface area contributed by atoms with Gasteiger partial charge in [0.05, 0.1) is 18.8 Å². The van der Waals surface area contributed by atoms with Gasteiger partial charge in [0.15, 0.2) is 0 Å². The minimum atomic E-state index is -0.326. The molecule has 0 unspecified atom stereocenters. The molecule has 20 heavy (non-hydrogen) atoms. The number of hydrogen-bond acceptors (Lipinski definition) is 3. The van der Waals surface area contributed by atoms with Crippen LogP contribution in [0.1, 0.15) is 59.3 Å². The van der Waals surface area contributed by atoms with Crippen molar-refractivity contribution < 1.29 is 9.84 Å². The zero-order valence-electron chi connectivity index (χ0n) is 13.6. The van der Waals surface area contributed by atoms with Gasteiger partial charge in [0.25, 0.3) is 0 Å². The van der Waals surface area contributed by atoms with E-state index in [2.05, 4.69) is 25.7 Å². The first-order chi connectivity index (χ1) is 9.44. The van der Waals surface area contributed by atoms with Crippen molar-refractivity contribution in [2.75, 3.05) is 26.2 Å². The van der Waals surface area contributed by atoms with Crippen LogP contribution in [0.3, 0.4) is 0 Å². The lowest BCUT2D eigenvalue weighted by Gasteiger charge is -2.39. The fraction of sp³-hybridized carbons (Fsp3) is 1.00. The summed E-state index contributed by atoms with van der Waals surface area (Å²) in [6, 6.07) is 0. The summed E-state index contributed by atoms with van der Waals surface area (Å²) in [5.41, 5.74) is 0.389. The van der Waals surface area contributed by atoms with E-state index in [-0.39, 0.29) is 6.10 Å². The predicted molar refractivity (Wildman–Crippen MR) is 82.8 cm³/mol. The van der Waals surface area contributed by atoms with E-state index in [4.69, 9.17) is 4.74 Å². The lowest BCUT2D eigenvalue weighted by atomic mass is 9.71. The maximum atomic E-state index is 10.2. The van der Waals surface area contributed by atoms with Crippen molar-refractivity contribution in [3.05, 3.63) is 0 Å². The minimum absolute atomic E-state index is 0.326. The van der Waals surface area contributed by atoms with Crippen LogP contribution < -0.4 is 0 Å². The fourth-order valence-corrected chi connectivity index (χ4v) is 4.13. The van der Waals surface area contributed by atoms with Crippen molar-refractivity contribution in [3.8, 4) is 0 Å². The number of nitrogens with zero attached hydrogens (tertiary/aromatic N) is 1. The van der Waals surface area contributed by atoms with Crippen molar-refractivity contribution in [2.45, 2.75) is 71.5 Å². The van der Waals surface area contributed by atoms with Crippen LogP contribution >= 0.6 is 0 Å². The SMILES string of the molecule is C[C@@H]1C[C@@H](OC[C@H](O)CN2CCCCC2)CC(C)(C)C1. The summed E-state index contributed by atoms with van der Waals surface area (Å²) in [5, 5.41) is 10.2. The van der Waals surface area contributed by atoms with Gasteiger partial charge >= 0.3 is 0 Å². The number of hydrogen-bond donors (Lipinski definition) is 1. The topological polar surface area (TPSA) is 32.7 Å². The Balaban J connectivity index is 1.68. The highest BCUT2D eigenvalue weighted by Gasteiger charge is 2.32. The summed E-state index contributed by atoms with van der Waals surface area (Å²) in [6.07, 6.45) is 7.50. The normalized spacial score (nSPS) is 33.0. The molecular weight excluding hydrogens is 250 g/mol. The number of aliphatic hydroxyl groups is 1. The summed E-state index contributed by atoms with van der Waals surface area (Å²) >= 11 is 0. The Morgan fingerprint density at radius 2 is 1.90 bits per heavy atom. The number of piperidine rings is 1. The van der Waals surface area contributed by atoms with Gasteiger partial charge in [0.1, 0.15) is 0 Å². The van der Waals surface area contributed by atoms with Crippen molar-refractivity contribution in [1.82, 2.24) is 4.90 Å². The molecule has 2 rings (SSSR count). The molecule has 0 aromatic heterocycles. The molecule has 1 saturated heterocycles. The molecule has 3 atom stereocenters. The van der Waals surface area contributed by atoms with Gasteiger partial charge in [-0.3, -0.25) is 0 Å². The Hall–Kier alpha value is -0.120. The van der Waals surface area contributed by atoms with Gasteiger partial charge in [-0.1, -0.05) is 27.2 Å². The maximum absolute atomic E-state index is 10.2. The van der Waals surface area contributed by atoms with Crippen LogP contribution in [0.25, 0.3) is 0 Å². The highest BCUT2D eigenvalue weighted by atomic mass is 16.5. The predicted octanol–water partition coefficient (Wildman–Crippen LogP) is 3.06. The quantitative estimate of drug-likeness (QED) is 0.841. The van der Waals surface area contributed by atoms with E-state index in [1.165, 1.54) is 25.7 Å². The summed E-state index contributed by atoms with van der Waals surface area (Å²) in [5.74, 6) is 0.739. The smallest absolute Gasteiger partial charge is 0.0900 e. The van der Waals surface area contributed by atoms with E-state index in [9.17, 15) is 5.11 Å². The molecule has 0 bridgehead atoms. The maximum Gasteiger partial charge on any atom is 0.0900 e. The number of rotatable bonds is 5. The van der Waals surface area contributed by atoms with Gasteiger partial charge in [-0.15, -0.1) is 0 Å². The summed E-state index contributed by atoms with van der Waals surface area (Å²) in [7, 11) is 0. The molecule has 0 radical (unpaired) electrons. The van der Waals surface area contributed by atoms with Gasteiger partial charge in [-0.25, -0.2) is 0 Å². The van der Waals surface area contributed by atoms with E-state index in [1.807, 2.05) is 0 Å². The van der Waals surface area contributed by atoms with Crippen LogP contribution in [0, 0.1) is 11.3 Å². The van der Waals surface area contributed by atoms with Gasteiger partial charge < -0.3 is 14.7 Å². The van der Waals surface area contributed by atoms with Gasteiger partial charge in [-0.2, -0.15) is 0 Å². The third-order valence-electron chi connectivity index (χ3n) is 4.79. The molecule has 3 nitrogen and oxygen atoms in total. The second kappa shape index (κ2) is 7.24. The zero-order chi connectivity index (χ0) is 14.6. The number of β-amino-alcohol motifs (C(OH)–C–C–N with tert-alkyl or cyclic N) is 1. The van der Waals surface area contributed by atoms with Crippen molar-refractivity contribution in [2.24, 2.45) is 11.3 Å². The second-order valence-corrected chi connectivity index (χ2v) is 7.88. The summed E-state index contributed by atoms with van der Waals surface area (Å²) < 4.78 is 6.02. The van der Waals surface area contributed by atoms with E-state index >= 15 is 0 Å². The van der Waals surface area contributed by atoms with Crippen molar-refractivity contribution >= 4 is 0 Å². The monoisotopic (exact) mass is 283 g/mol. The molecule has 1 N–H and O–H groups in total. The van der Waals surface area contributed by atoms with Crippen molar-refractivity contribution in [1.29, 1.82) is 0 Å². The van der Waals surface area contributed by atoms with Crippen LogP contribution in [0.2, 0.25) is 0 Å². The highest BCUT2D eigenvalue weighted by Crippen LogP contribution is 2.39. The lowest BCUT2D eigenvalue weighted by molar-refractivity contribution is -0.0621. The van der Waals surface area contributed by atoms with E-state index in [1.54, 1.807) is 0 Å². The first kappa shape index (κ1) is 16.3. The van der Waals surface area contributed by atoms with E-state index in [0.717, 1.165) is 38.4 Å². The molecule has 1 heterocycles. The fourth-order valence-electron chi connectivity index (χ4n) is 4.13. The molecule has 2 fully saturated rings. The Morgan fingerprint density at radius 1 is 1.20 bits per heavy atom. The third-order valence-corrected chi connectivity index (χ3v) is 4.79. The van der Waals surface area contributed by atoms with Crippen LogP contribution in [0.5, 0.6) is 0 Å². The third kappa shape index (κ3) is 5.34. The Kier molecular flexibility index (Phi) is 5.88. The molecule has 0 aromatic rings. The molecule has 3 heteroatoms. The molecule has 0 amide bonds. The number of likely N-dealkylation sites (tertiary alicyclic amines) is 1. The summed E-state index contributed by atoms with van der Waals surface area (Å²) in [6.45, 7) is 10.6. The Labute approximate surface area is 124 Å².